The lowest BCUT2D eigenvalue weighted by Crippen LogP contribution is -2.20. The molecule has 0 spiro atoms. The van der Waals surface area contributed by atoms with Gasteiger partial charge in [0, 0.05) is 13.5 Å². The number of rotatable bonds is 3. The van der Waals surface area contributed by atoms with Crippen molar-refractivity contribution in [2.45, 2.75) is 12.6 Å². The number of amides is 1. The van der Waals surface area contributed by atoms with Gasteiger partial charge < -0.3 is 11.5 Å². The summed E-state index contributed by atoms with van der Waals surface area (Å²) in [4.78, 5) is 11.0. The van der Waals surface area contributed by atoms with Gasteiger partial charge in [0.25, 0.3) is 5.91 Å². The maximum Gasteiger partial charge on any atom is 0.435 e. The van der Waals surface area contributed by atoms with Crippen LogP contribution in [-0.2, 0) is 19.6 Å². The number of carbonyl (C=O) groups is 1. The van der Waals surface area contributed by atoms with Gasteiger partial charge in [-0.15, -0.1) is 0 Å². The normalized spacial score (nSPS) is 11.8. The van der Waals surface area contributed by atoms with Crippen LogP contribution in [0.25, 0.3) is 0 Å². The fourth-order valence-corrected chi connectivity index (χ4v) is 1.44. The van der Waals surface area contributed by atoms with Crippen molar-refractivity contribution in [2.75, 3.05) is 6.54 Å². The van der Waals surface area contributed by atoms with E-state index in [0.717, 1.165) is 4.68 Å². The van der Waals surface area contributed by atoms with Gasteiger partial charge in [-0.2, -0.15) is 18.3 Å². The van der Waals surface area contributed by atoms with E-state index in [9.17, 15) is 18.0 Å². The molecule has 0 aliphatic carbocycles. The summed E-state index contributed by atoms with van der Waals surface area (Å²) < 4.78 is 38.6. The SMILES string of the molecule is Cn1nc(C(F)(F)F)c(C(N)=O)c1CCN. The molecule has 1 heterocycles. The van der Waals surface area contributed by atoms with Crippen molar-refractivity contribution < 1.29 is 18.0 Å². The Bertz CT molecular complexity index is 410. The van der Waals surface area contributed by atoms with Gasteiger partial charge in [0.2, 0.25) is 0 Å². The zero-order valence-corrected chi connectivity index (χ0v) is 8.51. The van der Waals surface area contributed by atoms with Crippen LogP contribution >= 0.6 is 0 Å². The van der Waals surface area contributed by atoms with Gasteiger partial charge >= 0.3 is 6.18 Å². The van der Waals surface area contributed by atoms with Gasteiger partial charge in [0.15, 0.2) is 5.69 Å². The van der Waals surface area contributed by atoms with Crippen molar-refractivity contribution in [2.24, 2.45) is 18.5 Å². The standard InChI is InChI=1S/C8H11F3N4O/c1-15-4(2-3-12)5(7(13)16)6(14-15)8(9,10)11/h2-3,12H2,1H3,(H2,13,16). The molecular weight excluding hydrogens is 225 g/mol. The van der Waals surface area contributed by atoms with Gasteiger partial charge in [0.05, 0.1) is 11.3 Å². The van der Waals surface area contributed by atoms with E-state index in [1.54, 1.807) is 0 Å². The summed E-state index contributed by atoms with van der Waals surface area (Å²) in [5.74, 6) is -1.15. The minimum atomic E-state index is -4.70. The molecule has 0 atom stereocenters. The highest BCUT2D eigenvalue weighted by atomic mass is 19.4. The fraction of sp³-hybridized carbons (Fsp3) is 0.500. The van der Waals surface area contributed by atoms with Crippen molar-refractivity contribution in [3.8, 4) is 0 Å². The number of hydrogen-bond donors (Lipinski definition) is 2. The van der Waals surface area contributed by atoms with E-state index in [4.69, 9.17) is 11.5 Å². The molecule has 4 N–H and O–H groups in total. The average molecular weight is 236 g/mol. The molecule has 90 valence electrons. The zero-order valence-electron chi connectivity index (χ0n) is 8.51. The Kier molecular flexibility index (Phi) is 3.22. The van der Waals surface area contributed by atoms with Crippen LogP contribution in [-0.4, -0.2) is 22.2 Å². The number of halogens is 3. The average Bonchev–Trinajstić information content (AvgIpc) is 2.44. The Morgan fingerprint density at radius 1 is 1.50 bits per heavy atom. The Hall–Kier alpha value is -1.57. The second-order valence-electron chi connectivity index (χ2n) is 3.19. The number of aryl methyl sites for hydroxylation is 1. The third-order valence-corrected chi connectivity index (χ3v) is 2.06. The monoisotopic (exact) mass is 236 g/mol. The number of alkyl halides is 3. The number of nitrogens with two attached hydrogens (primary N) is 2. The third-order valence-electron chi connectivity index (χ3n) is 2.06. The van der Waals surface area contributed by atoms with E-state index < -0.39 is 23.3 Å². The first-order chi connectivity index (χ1) is 7.29. The molecule has 0 saturated carbocycles. The first-order valence-corrected chi connectivity index (χ1v) is 4.42. The topological polar surface area (TPSA) is 86.9 Å². The minimum absolute atomic E-state index is 0.0994. The molecule has 0 radical (unpaired) electrons. The molecule has 1 rings (SSSR count). The van der Waals surface area contributed by atoms with Crippen molar-refractivity contribution in [1.29, 1.82) is 0 Å². The second kappa shape index (κ2) is 4.12. The maximum absolute atomic E-state index is 12.5. The molecule has 0 bridgehead atoms. The molecule has 0 fully saturated rings. The predicted molar refractivity (Wildman–Crippen MR) is 49.5 cm³/mol. The largest absolute Gasteiger partial charge is 0.435 e. The van der Waals surface area contributed by atoms with E-state index in [-0.39, 0.29) is 18.7 Å². The minimum Gasteiger partial charge on any atom is -0.365 e. The van der Waals surface area contributed by atoms with Crippen LogP contribution in [0.2, 0.25) is 0 Å². The summed E-state index contributed by atoms with van der Waals surface area (Å²) in [6.07, 6.45) is -4.59. The van der Waals surface area contributed by atoms with Crippen LogP contribution < -0.4 is 11.5 Å². The van der Waals surface area contributed by atoms with Crippen LogP contribution in [0.3, 0.4) is 0 Å². The summed E-state index contributed by atoms with van der Waals surface area (Å²) in [5, 5.41) is 3.26. The highest BCUT2D eigenvalue weighted by Crippen LogP contribution is 2.32. The molecule has 16 heavy (non-hydrogen) atoms. The Morgan fingerprint density at radius 2 is 2.06 bits per heavy atom. The number of aromatic nitrogens is 2. The molecule has 1 aromatic heterocycles. The van der Waals surface area contributed by atoms with Crippen LogP contribution in [0.1, 0.15) is 21.7 Å². The second-order valence-corrected chi connectivity index (χ2v) is 3.19. The lowest BCUT2D eigenvalue weighted by molar-refractivity contribution is -0.141. The summed E-state index contributed by atoms with van der Waals surface area (Å²) >= 11 is 0. The zero-order chi connectivity index (χ0) is 12.5. The predicted octanol–water partition coefficient (Wildman–Crippen LogP) is 0.0390. The van der Waals surface area contributed by atoms with Crippen molar-refractivity contribution in [3.63, 3.8) is 0 Å². The lowest BCUT2D eigenvalue weighted by Gasteiger charge is -2.04. The summed E-state index contributed by atoms with van der Waals surface area (Å²) in [7, 11) is 1.31. The Morgan fingerprint density at radius 3 is 2.44 bits per heavy atom. The number of carbonyl (C=O) groups excluding carboxylic acids is 1. The molecule has 0 saturated heterocycles. The third kappa shape index (κ3) is 2.16. The summed E-state index contributed by atoms with van der Waals surface area (Å²) in [6, 6.07) is 0. The van der Waals surface area contributed by atoms with E-state index in [1.165, 1.54) is 7.05 Å². The van der Waals surface area contributed by atoms with Crippen molar-refractivity contribution in [3.05, 3.63) is 17.0 Å². The van der Waals surface area contributed by atoms with Gasteiger partial charge in [0.1, 0.15) is 0 Å². The van der Waals surface area contributed by atoms with Crippen LogP contribution in [0.15, 0.2) is 0 Å². The number of nitrogens with zero attached hydrogens (tertiary/aromatic N) is 2. The van der Waals surface area contributed by atoms with Gasteiger partial charge in [-0.25, -0.2) is 0 Å². The highest BCUT2D eigenvalue weighted by molar-refractivity contribution is 5.95. The highest BCUT2D eigenvalue weighted by Gasteiger charge is 2.40. The fourth-order valence-electron chi connectivity index (χ4n) is 1.44. The first-order valence-electron chi connectivity index (χ1n) is 4.42. The van der Waals surface area contributed by atoms with Crippen LogP contribution in [0.4, 0.5) is 13.2 Å². The van der Waals surface area contributed by atoms with E-state index in [1.807, 2.05) is 0 Å². The Labute approximate surface area is 89.2 Å². The number of hydrogen-bond acceptors (Lipinski definition) is 3. The van der Waals surface area contributed by atoms with Gasteiger partial charge in [-0.05, 0) is 6.54 Å². The van der Waals surface area contributed by atoms with E-state index in [0.29, 0.717) is 0 Å². The lowest BCUT2D eigenvalue weighted by atomic mass is 10.1. The van der Waals surface area contributed by atoms with Gasteiger partial charge in [-0.1, -0.05) is 0 Å². The molecule has 1 aromatic rings. The Balaban J connectivity index is 3.41. The number of primary amides is 1. The molecule has 0 unspecified atom stereocenters. The van der Waals surface area contributed by atoms with Crippen LogP contribution in [0.5, 0.6) is 0 Å². The van der Waals surface area contributed by atoms with Gasteiger partial charge in [-0.3, -0.25) is 9.48 Å². The summed E-state index contributed by atoms with van der Waals surface area (Å²) in [6.45, 7) is 0.108. The van der Waals surface area contributed by atoms with Crippen molar-refractivity contribution >= 4 is 5.91 Å². The van der Waals surface area contributed by atoms with Crippen molar-refractivity contribution in [1.82, 2.24) is 9.78 Å². The summed E-state index contributed by atoms with van der Waals surface area (Å²) in [5.41, 5.74) is 8.41. The molecule has 0 aliphatic rings. The smallest absolute Gasteiger partial charge is 0.365 e. The molecule has 5 nitrogen and oxygen atoms in total. The van der Waals surface area contributed by atoms with E-state index in [2.05, 4.69) is 5.10 Å². The first kappa shape index (κ1) is 12.5. The molecule has 0 aliphatic heterocycles. The molecule has 1 amide bonds. The van der Waals surface area contributed by atoms with Crippen LogP contribution in [0, 0.1) is 0 Å². The molecule has 8 heteroatoms. The quantitative estimate of drug-likeness (QED) is 0.776. The molecule has 0 aromatic carbocycles. The molecular formula is C8H11F3N4O. The maximum atomic E-state index is 12.5. The van der Waals surface area contributed by atoms with E-state index >= 15 is 0 Å².